The molecule has 0 aromatic rings. The van der Waals surface area contributed by atoms with Crippen molar-refractivity contribution in [3.63, 3.8) is 0 Å². The van der Waals surface area contributed by atoms with Crippen LogP contribution in [0.5, 0.6) is 0 Å². The molecule has 0 aliphatic carbocycles. The van der Waals surface area contributed by atoms with E-state index in [9.17, 15) is 0 Å². The van der Waals surface area contributed by atoms with E-state index in [1.807, 2.05) is 0 Å². The molecule has 1 unspecified atom stereocenters. The number of unbranched alkanes of at least 4 members (excludes halogenated alkanes) is 1. The van der Waals surface area contributed by atoms with Gasteiger partial charge in [-0.25, -0.2) is 0 Å². The summed E-state index contributed by atoms with van der Waals surface area (Å²) in [6.45, 7) is 7.02. The molecule has 0 bridgehead atoms. The van der Waals surface area contributed by atoms with Crippen LogP contribution in [-0.2, 0) is 0 Å². The summed E-state index contributed by atoms with van der Waals surface area (Å²) in [7, 11) is 3.36. The average molecular weight is 213 g/mol. The average Bonchev–Trinajstić information content (AvgIpc) is 2.13. The SMILES string of the molecule is CCCC=CC[Si](C)(CCC)N(C)C. The normalized spacial score (nSPS) is 16.4. The Morgan fingerprint density at radius 3 is 2.14 bits per heavy atom. The maximum absolute atomic E-state index is 2.49. The summed E-state index contributed by atoms with van der Waals surface area (Å²) in [6, 6.07) is 2.73. The van der Waals surface area contributed by atoms with Crippen molar-refractivity contribution in [2.75, 3.05) is 14.1 Å². The Balaban J connectivity index is 4.09. The molecule has 1 atom stereocenters. The first-order chi connectivity index (χ1) is 6.56. The molecule has 0 aromatic heterocycles. The smallest absolute Gasteiger partial charge is 0.128 e. The molecular weight excluding hydrogens is 186 g/mol. The molecule has 2 heteroatoms. The van der Waals surface area contributed by atoms with E-state index in [2.05, 4.69) is 51.2 Å². The minimum Gasteiger partial charge on any atom is -0.329 e. The van der Waals surface area contributed by atoms with Crippen LogP contribution >= 0.6 is 0 Å². The zero-order valence-corrected chi connectivity index (χ0v) is 11.6. The summed E-state index contributed by atoms with van der Waals surface area (Å²) < 4.78 is 2.49. The summed E-state index contributed by atoms with van der Waals surface area (Å²) in [5.74, 6) is 0. The molecule has 0 rings (SSSR count). The van der Waals surface area contributed by atoms with Crippen LogP contribution in [0.25, 0.3) is 0 Å². The fourth-order valence-corrected chi connectivity index (χ4v) is 4.44. The van der Waals surface area contributed by atoms with Gasteiger partial charge in [-0.1, -0.05) is 45.4 Å². The summed E-state index contributed by atoms with van der Waals surface area (Å²) in [5.41, 5.74) is 0. The van der Waals surface area contributed by atoms with Crippen molar-refractivity contribution in [1.82, 2.24) is 4.57 Å². The highest BCUT2D eigenvalue weighted by atomic mass is 28.3. The van der Waals surface area contributed by atoms with E-state index >= 15 is 0 Å². The molecule has 0 saturated heterocycles. The molecule has 0 aromatic carbocycles. The van der Waals surface area contributed by atoms with E-state index in [1.165, 1.54) is 31.4 Å². The molecule has 0 fully saturated rings. The standard InChI is InChI=1S/C12H27NSi/c1-6-8-9-10-12-14(5,11-7-2)13(3)4/h9-10H,6-8,11-12H2,1-5H3. The van der Waals surface area contributed by atoms with Crippen LogP contribution in [0.1, 0.15) is 33.1 Å². The van der Waals surface area contributed by atoms with Gasteiger partial charge in [-0.15, -0.1) is 0 Å². The third-order valence-electron chi connectivity index (χ3n) is 3.05. The molecule has 0 aliphatic heterocycles. The van der Waals surface area contributed by atoms with Crippen molar-refractivity contribution in [1.29, 1.82) is 0 Å². The Kier molecular flexibility index (Phi) is 7.20. The highest BCUT2D eigenvalue weighted by Crippen LogP contribution is 2.20. The number of allylic oxidation sites excluding steroid dienone is 2. The van der Waals surface area contributed by atoms with E-state index in [-0.39, 0.29) is 0 Å². The summed E-state index contributed by atoms with van der Waals surface area (Å²) >= 11 is 0. The number of hydrogen-bond acceptors (Lipinski definition) is 1. The Morgan fingerprint density at radius 1 is 1.07 bits per heavy atom. The van der Waals surface area contributed by atoms with Crippen molar-refractivity contribution in [3.8, 4) is 0 Å². The van der Waals surface area contributed by atoms with E-state index in [1.54, 1.807) is 0 Å². The quantitative estimate of drug-likeness (QED) is 0.458. The van der Waals surface area contributed by atoms with E-state index in [0.717, 1.165) is 0 Å². The second kappa shape index (κ2) is 7.24. The highest BCUT2D eigenvalue weighted by molar-refractivity contribution is 6.76. The van der Waals surface area contributed by atoms with Crippen LogP contribution in [-0.4, -0.2) is 26.9 Å². The maximum atomic E-state index is 2.49. The minimum atomic E-state index is -1.13. The zero-order valence-electron chi connectivity index (χ0n) is 10.6. The third kappa shape index (κ3) is 4.96. The van der Waals surface area contributed by atoms with Crippen molar-refractivity contribution >= 4 is 8.24 Å². The number of hydrogen-bond donors (Lipinski definition) is 0. The highest BCUT2D eigenvalue weighted by Gasteiger charge is 2.27. The van der Waals surface area contributed by atoms with Gasteiger partial charge in [0.2, 0.25) is 0 Å². The van der Waals surface area contributed by atoms with E-state index in [0.29, 0.717) is 0 Å². The predicted octanol–water partition coefficient (Wildman–Crippen LogP) is 3.89. The van der Waals surface area contributed by atoms with Gasteiger partial charge in [0.1, 0.15) is 8.24 Å². The fraction of sp³-hybridized carbons (Fsp3) is 0.833. The Labute approximate surface area is 91.3 Å². The van der Waals surface area contributed by atoms with Gasteiger partial charge in [0, 0.05) is 0 Å². The second-order valence-corrected chi connectivity index (χ2v) is 9.40. The van der Waals surface area contributed by atoms with Crippen LogP contribution in [0.2, 0.25) is 18.6 Å². The van der Waals surface area contributed by atoms with Crippen molar-refractivity contribution in [2.45, 2.75) is 51.7 Å². The largest absolute Gasteiger partial charge is 0.329 e. The summed E-state index contributed by atoms with van der Waals surface area (Å²) in [4.78, 5) is 0. The third-order valence-corrected chi connectivity index (χ3v) is 7.90. The van der Waals surface area contributed by atoms with Gasteiger partial charge in [-0.3, -0.25) is 0 Å². The fourth-order valence-electron chi connectivity index (χ4n) is 1.67. The van der Waals surface area contributed by atoms with Crippen LogP contribution < -0.4 is 0 Å². The Hall–Kier alpha value is -0.0831. The van der Waals surface area contributed by atoms with Gasteiger partial charge < -0.3 is 4.57 Å². The first-order valence-electron chi connectivity index (χ1n) is 5.89. The summed E-state index contributed by atoms with van der Waals surface area (Å²) in [5, 5.41) is 0. The van der Waals surface area contributed by atoms with Gasteiger partial charge in [-0.2, -0.15) is 0 Å². The summed E-state index contributed by atoms with van der Waals surface area (Å²) in [6.07, 6.45) is 8.59. The van der Waals surface area contributed by atoms with Crippen LogP contribution in [0.4, 0.5) is 0 Å². The van der Waals surface area contributed by atoms with Crippen molar-refractivity contribution in [2.24, 2.45) is 0 Å². The second-order valence-electron chi connectivity index (χ2n) is 4.61. The lowest BCUT2D eigenvalue weighted by Gasteiger charge is -2.33. The van der Waals surface area contributed by atoms with Gasteiger partial charge in [-0.05, 0) is 32.6 Å². The molecule has 0 heterocycles. The maximum Gasteiger partial charge on any atom is 0.128 e. The molecular formula is C12H27NSi. The number of nitrogens with zero attached hydrogens (tertiary/aromatic N) is 1. The lowest BCUT2D eigenvalue weighted by Crippen LogP contribution is -2.45. The van der Waals surface area contributed by atoms with Crippen molar-refractivity contribution in [3.05, 3.63) is 12.2 Å². The predicted molar refractivity (Wildman–Crippen MR) is 69.3 cm³/mol. The van der Waals surface area contributed by atoms with Gasteiger partial charge >= 0.3 is 0 Å². The molecule has 0 N–H and O–H groups in total. The molecule has 0 spiro atoms. The van der Waals surface area contributed by atoms with Crippen LogP contribution in [0.15, 0.2) is 12.2 Å². The van der Waals surface area contributed by atoms with Crippen molar-refractivity contribution < 1.29 is 0 Å². The molecule has 1 nitrogen and oxygen atoms in total. The molecule has 84 valence electrons. The van der Waals surface area contributed by atoms with E-state index in [4.69, 9.17) is 0 Å². The topological polar surface area (TPSA) is 3.24 Å². The lowest BCUT2D eigenvalue weighted by molar-refractivity contribution is 0.608. The Bertz CT molecular complexity index is 166. The monoisotopic (exact) mass is 213 g/mol. The van der Waals surface area contributed by atoms with Gasteiger partial charge in [0.15, 0.2) is 0 Å². The minimum absolute atomic E-state index is 1.13. The molecule has 14 heavy (non-hydrogen) atoms. The molecule has 0 saturated carbocycles. The van der Waals surface area contributed by atoms with Crippen LogP contribution in [0.3, 0.4) is 0 Å². The van der Waals surface area contributed by atoms with E-state index < -0.39 is 8.24 Å². The molecule has 0 amide bonds. The zero-order chi connectivity index (χ0) is 11.0. The lowest BCUT2D eigenvalue weighted by atomic mass is 10.3. The first-order valence-corrected chi connectivity index (χ1v) is 8.75. The van der Waals surface area contributed by atoms with Crippen LogP contribution in [0, 0.1) is 0 Å². The molecule has 0 radical (unpaired) electrons. The van der Waals surface area contributed by atoms with Gasteiger partial charge in [0.05, 0.1) is 0 Å². The molecule has 0 aliphatic rings. The Morgan fingerprint density at radius 2 is 1.71 bits per heavy atom. The number of rotatable bonds is 7. The first kappa shape index (κ1) is 13.9. The van der Waals surface area contributed by atoms with Gasteiger partial charge in [0.25, 0.3) is 0 Å².